The summed E-state index contributed by atoms with van der Waals surface area (Å²) in [7, 11) is 0. The average Bonchev–Trinajstić information content (AvgIpc) is 3.09. The third kappa shape index (κ3) is 1.83. The van der Waals surface area contributed by atoms with Gasteiger partial charge in [-0.2, -0.15) is 5.10 Å². The van der Waals surface area contributed by atoms with E-state index in [9.17, 15) is 0 Å². The molecule has 5 nitrogen and oxygen atoms in total. The van der Waals surface area contributed by atoms with Crippen molar-refractivity contribution in [2.45, 2.75) is 31.3 Å². The summed E-state index contributed by atoms with van der Waals surface area (Å²) in [5, 5.41) is 8.67. The molecule has 1 saturated carbocycles. The number of nitrogens with zero attached hydrogens (tertiary/aromatic N) is 4. The van der Waals surface area contributed by atoms with Crippen molar-refractivity contribution in [2.24, 2.45) is 0 Å². The van der Waals surface area contributed by atoms with Crippen molar-refractivity contribution < 1.29 is 0 Å². The van der Waals surface area contributed by atoms with Crippen molar-refractivity contribution in [3.8, 4) is 11.3 Å². The van der Waals surface area contributed by atoms with Crippen LogP contribution < -0.4 is 10.2 Å². The molecule has 1 N–H and O–H groups in total. The van der Waals surface area contributed by atoms with Crippen LogP contribution in [0, 0.1) is 0 Å². The third-order valence-electron chi connectivity index (χ3n) is 4.62. The fourth-order valence-corrected chi connectivity index (χ4v) is 3.57. The quantitative estimate of drug-likeness (QED) is 0.926. The highest BCUT2D eigenvalue weighted by Gasteiger charge is 2.32. The second-order valence-corrected chi connectivity index (χ2v) is 6.61. The summed E-state index contributed by atoms with van der Waals surface area (Å²) in [5.41, 5.74) is 2.97. The Morgan fingerprint density at radius 2 is 2.19 bits per heavy atom. The average molecular weight is 302 g/mol. The number of fused-ring (bicyclic) bond motifs is 4. The Kier molecular flexibility index (Phi) is 2.33. The summed E-state index contributed by atoms with van der Waals surface area (Å²) >= 11 is 6.48. The van der Waals surface area contributed by atoms with Crippen LogP contribution in [0.1, 0.15) is 25.3 Å². The number of hydrogen-bond acceptors (Lipinski definition) is 4. The van der Waals surface area contributed by atoms with Crippen molar-refractivity contribution in [1.29, 1.82) is 0 Å². The predicted octanol–water partition coefficient (Wildman–Crippen LogP) is 2.94. The Morgan fingerprint density at radius 3 is 3.05 bits per heavy atom. The van der Waals surface area contributed by atoms with Gasteiger partial charge in [-0.15, -0.1) is 0 Å². The lowest BCUT2D eigenvalue weighted by Gasteiger charge is -2.28. The van der Waals surface area contributed by atoms with E-state index in [1.54, 1.807) is 0 Å². The van der Waals surface area contributed by atoms with Gasteiger partial charge < -0.3 is 10.2 Å². The molecule has 2 aliphatic heterocycles. The van der Waals surface area contributed by atoms with Gasteiger partial charge in [0.05, 0.1) is 28.6 Å². The topological polar surface area (TPSA) is 46.0 Å². The third-order valence-corrected chi connectivity index (χ3v) is 4.91. The number of aromatic nitrogens is 3. The van der Waals surface area contributed by atoms with Crippen LogP contribution in [0.5, 0.6) is 0 Å². The van der Waals surface area contributed by atoms with Gasteiger partial charge in [0.2, 0.25) is 0 Å². The van der Waals surface area contributed by atoms with Crippen LogP contribution in [0.25, 0.3) is 11.3 Å². The minimum atomic E-state index is 0.521. The molecule has 21 heavy (non-hydrogen) atoms. The lowest BCUT2D eigenvalue weighted by atomic mass is 10.2. The zero-order valence-corrected chi connectivity index (χ0v) is 12.3. The van der Waals surface area contributed by atoms with Gasteiger partial charge in [0, 0.05) is 30.9 Å². The van der Waals surface area contributed by atoms with E-state index in [0.29, 0.717) is 17.1 Å². The highest BCUT2D eigenvalue weighted by Crippen LogP contribution is 2.40. The van der Waals surface area contributed by atoms with Gasteiger partial charge in [0.25, 0.3) is 0 Å². The van der Waals surface area contributed by atoms with E-state index in [4.69, 9.17) is 16.6 Å². The first-order valence-corrected chi connectivity index (χ1v) is 7.92. The van der Waals surface area contributed by atoms with Crippen LogP contribution in [0.15, 0.2) is 18.5 Å². The monoisotopic (exact) mass is 301 g/mol. The van der Waals surface area contributed by atoms with Gasteiger partial charge in [-0.1, -0.05) is 11.6 Å². The second kappa shape index (κ2) is 4.13. The fraction of sp³-hybridized carbons (Fsp3) is 0.467. The summed E-state index contributed by atoms with van der Waals surface area (Å²) in [6.07, 6.45) is 7.56. The van der Waals surface area contributed by atoms with Crippen molar-refractivity contribution >= 4 is 23.1 Å². The molecular formula is C15H16ClN5. The second-order valence-electron chi connectivity index (χ2n) is 6.20. The van der Waals surface area contributed by atoms with Gasteiger partial charge in [-0.25, -0.2) is 4.98 Å². The molecule has 0 amide bonds. The molecule has 6 heteroatoms. The van der Waals surface area contributed by atoms with Gasteiger partial charge in [-0.05, 0) is 25.3 Å². The standard InChI is InChI=1S/C15H16ClN5/c16-12-5-13-15(18-10-3-4-20(13)8-10)19-14(12)9-6-17-21(7-9)11-1-2-11/h5-7,10-11H,1-4,8H2,(H,18,19). The van der Waals surface area contributed by atoms with Crippen molar-refractivity contribution in [1.82, 2.24) is 14.8 Å². The summed E-state index contributed by atoms with van der Waals surface area (Å²) in [6, 6.07) is 3.14. The van der Waals surface area contributed by atoms with E-state index in [-0.39, 0.29) is 0 Å². The van der Waals surface area contributed by atoms with Crippen LogP contribution in [0.4, 0.5) is 11.5 Å². The normalized spacial score (nSPS) is 23.1. The fourth-order valence-electron chi connectivity index (χ4n) is 3.32. The first kappa shape index (κ1) is 11.9. The molecule has 0 radical (unpaired) electrons. The number of nitrogens with one attached hydrogen (secondary N) is 1. The molecule has 1 aliphatic carbocycles. The smallest absolute Gasteiger partial charge is 0.150 e. The van der Waals surface area contributed by atoms with Crippen LogP contribution in [0.2, 0.25) is 5.02 Å². The van der Waals surface area contributed by atoms with E-state index in [0.717, 1.165) is 35.9 Å². The molecule has 3 aliphatic rings. The molecule has 0 spiro atoms. The molecule has 108 valence electrons. The zero-order chi connectivity index (χ0) is 14.0. The molecule has 0 aromatic carbocycles. The van der Waals surface area contributed by atoms with Crippen molar-refractivity contribution in [2.75, 3.05) is 23.3 Å². The van der Waals surface area contributed by atoms with E-state index < -0.39 is 0 Å². The first-order chi connectivity index (χ1) is 10.3. The van der Waals surface area contributed by atoms with E-state index in [2.05, 4.69) is 21.5 Å². The molecule has 4 heterocycles. The maximum Gasteiger partial charge on any atom is 0.150 e. The molecule has 2 aromatic rings. The number of anilines is 2. The van der Waals surface area contributed by atoms with E-state index in [1.165, 1.54) is 19.3 Å². The van der Waals surface area contributed by atoms with Crippen molar-refractivity contribution in [3.63, 3.8) is 0 Å². The number of rotatable bonds is 2. The molecule has 5 rings (SSSR count). The molecule has 1 atom stereocenters. The summed E-state index contributed by atoms with van der Waals surface area (Å²) < 4.78 is 2.04. The first-order valence-electron chi connectivity index (χ1n) is 7.54. The SMILES string of the molecule is Clc1cc2c(nc1-c1cnn(C3CC3)c1)NC1CCN2C1. The highest BCUT2D eigenvalue weighted by molar-refractivity contribution is 6.33. The lowest BCUT2D eigenvalue weighted by molar-refractivity contribution is 0.642. The number of pyridine rings is 1. The zero-order valence-electron chi connectivity index (χ0n) is 11.6. The summed E-state index contributed by atoms with van der Waals surface area (Å²) in [5.74, 6) is 0.960. The van der Waals surface area contributed by atoms with Crippen molar-refractivity contribution in [3.05, 3.63) is 23.5 Å². The van der Waals surface area contributed by atoms with Crippen LogP contribution in [0.3, 0.4) is 0 Å². The Hall–Kier alpha value is -1.75. The summed E-state index contributed by atoms with van der Waals surface area (Å²) in [4.78, 5) is 7.15. The Morgan fingerprint density at radius 1 is 1.29 bits per heavy atom. The van der Waals surface area contributed by atoms with Gasteiger partial charge in [0.15, 0.2) is 5.82 Å². The minimum absolute atomic E-state index is 0.521. The number of hydrogen-bond donors (Lipinski definition) is 1. The molecular weight excluding hydrogens is 286 g/mol. The Balaban J connectivity index is 1.58. The minimum Gasteiger partial charge on any atom is -0.366 e. The Bertz CT molecular complexity index is 721. The number of halogens is 1. The highest BCUT2D eigenvalue weighted by atomic mass is 35.5. The van der Waals surface area contributed by atoms with Crippen LogP contribution in [-0.2, 0) is 0 Å². The van der Waals surface area contributed by atoms with Crippen LogP contribution >= 0.6 is 11.6 Å². The van der Waals surface area contributed by atoms with Gasteiger partial charge in [-0.3, -0.25) is 4.68 Å². The van der Waals surface area contributed by atoms with Gasteiger partial charge in [0.1, 0.15) is 0 Å². The predicted molar refractivity (Wildman–Crippen MR) is 83.0 cm³/mol. The molecule has 2 aromatic heterocycles. The van der Waals surface area contributed by atoms with Crippen LogP contribution in [-0.4, -0.2) is 33.9 Å². The lowest BCUT2D eigenvalue weighted by Crippen LogP contribution is -2.32. The summed E-state index contributed by atoms with van der Waals surface area (Å²) in [6.45, 7) is 2.14. The molecule has 2 fully saturated rings. The Labute approximate surface area is 127 Å². The van der Waals surface area contributed by atoms with E-state index in [1.807, 2.05) is 16.9 Å². The maximum absolute atomic E-state index is 6.48. The molecule has 1 unspecified atom stereocenters. The maximum atomic E-state index is 6.48. The largest absolute Gasteiger partial charge is 0.366 e. The van der Waals surface area contributed by atoms with E-state index >= 15 is 0 Å². The molecule has 2 bridgehead atoms. The van der Waals surface area contributed by atoms with Gasteiger partial charge >= 0.3 is 0 Å². The molecule has 1 saturated heterocycles.